The minimum Gasteiger partial charge on any atom is -0.468 e. The molecule has 1 aromatic heterocycles. The Bertz CT molecular complexity index is 364. The van der Waals surface area contributed by atoms with Crippen LogP contribution >= 0.6 is 0 Å². The van der Waals surface area contributed by atoms with Crippen LogP contribution in [-0.4, -0.2) is 17.7 Å². The van der Waals surface area contributed by atoms with Gasteiger partial charge >= 0.3 is 6.18 Å². The number of ketones is 2. The lowest BCUT2D eigenvalue weighted by molar-refractivity contribution is -0.174. The summed E-state index contributed by atoms with van der Waals surface area (Å²) in [6, 6.07) is 2.48. The molecule has 0 N–H and O–H groups in total. The maximum absolute atomic E-state index is 12.1. The Balaban J connectivity index is 3.05. The Morgan fingerprint density at radius 3 is 2.33 bits per heavy atom. The highest BCUT2D eigenvalue weighted by Gasteiger charge is 2.46. The van der Waals surface area contributed by atoms with Crippen LogP contribution in [0, 0.1) is 0 Å². The number of Topliss-reactive ketones (excluding diaryl/α,β-unsaturated/α-hetero) is 2. The molecule has 1 rings (SSSR count). The Hall–Kier alpha value is -1.59. The Kier molecular flexibility index (Phi) is 2.97. The van der Waals surface area contributed by atoms with E-state index in [0.717, 1.165) is 19.3 Å². The van der Waals surface area contributed by atoms with Gasteiger partial charge in [-0.3, -0.25) is 9.59 Å². The molecular formula is C9H7F3O3. The second kappa shape index (κ2) is 3.88. The van der Waals surface area contributed by atoms with E-state index < -0.39 is 23.7 Å². The molecule has 0 fully saturated rings. The van der Waals surface area contributed by atoms with E-state index in [-0.39, 0.29) is 5.76 Å². The molecule has 1 heterocycles. The number of alkyl halides is 3. The summed E-state index contributed by atoms with van der Waals surface area (Å²) in [6.45, 7) is 0.914. The molecule has 0 spiro atoms. The first-order valence-electron chi connectivity index (χ1n) is 3.99. The lowest BCUT2D eigenvalue weighted by Gasteiger charge is -2.11. The molecule has 0 aromatic carbocycles. The summed E-state index contributed by atoms with van der Waals surface area (Å²) >= 11 is 0. The summed E-state index contributed by atoms with van der Waals surface area (Å²) in [6.07, 6.45) is -3.93. The molecule has 0 aliphatic heterocycles. The molecule has 0 saturated carbocycles. The van der Waals surface area contributed by atoms with Crippen molar-refractivity contribution in [1.82, 2.24) is 0 Å². The zero-order valence-electron chi connectivity index (χ0n) is 7.67. The van der Waals surface area contributed by atoms with Gasteiger partial charge in [0.15, 0.2) is 0 Å². The highest BCUT2D eigenvalue weighted by atomic mass is 19.4. The van der Waals surface area contributed by atoms with Crippen molar-refractivity contribution in [1.29, 1.82) is 0 Å². The molecule has 0 aliphatic carbocycles. The zero-order valence-corrected chi connectivity index (χ0v) is 7.67. The van der Waals surface area contributed by atoms with Crippen LogP contribution in [0.2, 0.25) is 0 Å². The number of furan rings is 1. The van der Waals surface area contributed by atoms with Crippen molar-refractivity contribution in [2.75, 3.05) is 0 Å². The summed E-state index contributed by atoms with van der Waals surface area (Å²) < 4.78 is 41.0. The van der Waals surface area contributed by atoms with Crippen molar-refractivity contribution >= 4 is 11.6 Å². The SMILES string of the molecule is CC(=O)C(C(=O)C(F)(F)F)c1ccco1. The number of carbonyl (C=O) groups is 2. The summed E-state index contributed by atoms with van der Waals surface area (Å²) in [5, 5.41) is 0. The van der Waals surface area contributed by atoms with Gasteiger partial charge in [0.05, 0.1) is 6.26 Å². The van der Waals surface area contributed by atoms with Crippen molar-refractivity contribution < 1.29 is 27.2 Å². The molecule has 0 radical (unpaired) electrons. The average Bonchev–Trinajstić information content (AvgIpc) is 2.54. The van der Waals surface area contributed by atoms with Crippen LogP contribution in [0.5, 0.6) is 0 Å². The molecule has 1 unspecified atom stereocenters. The van der Waals surface area contributed by atoms with Crippen LogP contribution in [0.1, 0.15) is 18.6 Å². The lowest BCUT2D eigenvalue weighted by Crippen LogP contribution is -2.32. The van der Waals surface area contributed by atoms with Gasteiger partial charge in [-0.1, -0.05) is 0 Å². The standard InChI is InChI=1S/C9H7F3O3/c1-5(13)7(6-3-2-4-15-6)8(14)9(10,11)12/h2-4,7H,1H3. The molecule has 0 bridgehead atoms. The molecule has 0 amide bonds. The van der Waals surface area contributed by atoms with E-state index in [4.69, 9.17) is 0 Å². The quantitative estimate of drug-likeness (QED) is 0.732. The van der Waals surface area contributed by atoms with Gasteiger partial charge in [-0.25, -0.2) is 0 Å². The van der Waals surface area contributed by atoms with E-state index in [2.05, 4.69) is 4.42 Å². The number of hydrogen-bond donors (Lipinski definition) is 0. The molecule has 3 nitrogen and oxygen atoms in total. The van der Waals surface area contributed by atoms with Crippen LogP contribution in [-0.2, 0) is 9.59 Å². The smallest absolute Gasteiger partial charge is 0.451 e. The van der Waals surface area contributed by atoms with E-state index in [1.807, 2.05) is 0 Å². The Morgan fingerprint density at radius 1 is 1.40 bits per heavy atom. The van der Waals surface area contributed by atoms with E-state index in [9.17, 15) is 22.8 Å². The second-order valence-corrected chi connectivity index (χ2v) is 2.92. The van der Waals surface area contributed by atoms with Crippen LogP contribution in [0.4, 0.5) is 13.2 Å². The van der Waals surface area contributed by atoms with Crippen LogP contribution in [0.3, 0.4) is 0 Å². The molecule has 6 heteroatoms. The third kappa shape index (κ3) is 2.45. The zero-order chi connectivity index (χ0) is 11.6. The number of hydrogen-bond acceptors (Lipinski definition) is 3. The molecule has 15 heavy (non-hydrogen) atoms. The van der Waals surface area contributed by atoms with Gasteiger partial charge in [0.2, 0.25) is 0 Å². The predicted octanol–water partition coefficient (Wildman–Crippen LogP) is 2.08. The summed E-state index contributed by atoms with van der Waals surface area (Å²) in [4.78, 5) is 21.8. The van der Waals surface area contributed by atoms with E-state index in [1.165, 1.54) is 6.07 Å². The van der Waals surface area contributed by atoms with Crippen molar-refractivity contribution in [3.63, 3.8) is 0 Å². The minimum absolute atomic E-state index is 0.287. The van der Waals surface area contributed by atoms with Crippen molar-refractivity contribution in [2.45, 2.75) is 19.0 Å². The maximum atomic E-state index is 12.1. The van der Waals surface area contributed by atoms with Crippen molar-refractivity contribution in [3.05, 3.63) is 24.2 Å². The molecular weight excluding hydrogens is 213 g/mol. The summed E-state index contributed by atoms with van der Waals surface area (Å²) in [5.74, 6) is -5.18. The van der Waals surface area contributed by atoms with E-state index in [1.54, 1.807) is 0 Å². The first-order chi connectivity index (χ1) is 6.84. The first-order valence-corrected chi connectivity index (χ1v) is 3.99. The van der Waals surface area contributed by atoms with Crippen molar-refractivity contribution in [3.8, 4) is 0 Å². The van der Waals surface area contributed by atoms with Gasteiger partial charge in [-0.05, 0) is 19.1 Å². The van der Waals surface area contributed by atoms with Gasteiger partial charge in [0.25, 0.3) is 5.78 Å². The topological polar surface area (TPSA) is 47.3 Å². The molecule has 82 valence electrons. The van der Waals surface area contributed by atoms with Crippen LogP contribution in [0.15, 0.2) is 22.8 Å². The molecule has 0 aliphatic rings. The molecule has 1 atom stereocenters. The van der Waals surface area contributed by atoms with Crippen molar-refractivity contribution in [2.24, 2.45) is 0 Å². The van der Waals surface area contributed by atoms with Gasteiger partial charge in [0.1, 0.15) is 17.5 Å². The normalized spacial score (nSPS) is 13.6. The number of carbonyl (C=O) groups excluding carboxylic acids is 2. The first kappa shape index (κ1) is 11.5. The fraction of sp³-hybridized carbons (Fsp3) is 0.333. The van der Waals surface area contributed by atoms with E-state index >= 15 is 0 Å². The largest absolute Gasteiger partial charge is 0.468 e. The number of rotatable bonds is 3. The lowest BCUT2D eigenvalue weighted by atomic mass is 9.96. The average molecular weight is 220 g/mol. The monoisotopic (exact) mass is 220 g/mol. The maximum Gasteiger partial charge on any atom is 0.451 e. The van der Waals surface area contributed by atoms with Crippen LogP contribution < -0.4 is 0 Å². The number of halogens is 3. The predicted molar refractivity (Wildman–Crippen MR) is 43.2 cm³/mol. The fourth-order valence-corrected chi connectivity index (χ4v) is 1.13. The Morgan fingerprint density at radius 2 is 2.00 bits per heavy atom. The van der Waals surface area contributed by atoms with Gasteiger partial charge in [-0.15, -0.1) is 0 Å². The second-order valence-electron chi connectivity index (χ2n) is 2.92. The van der Waals surface area contributed by atoms with Gasteiger partial charge in [0, 0.05) is 0 Å². The summed E-state index contributed by atoms with van der Waals surface area (Å²) in [7, 11) is 0. The van der Waals surface area contributed by atoms with Crippen LogP contribution in [0.25, 0.3) is 0 Å². The third-order valence-corrected chi connectivity index (χ3v) is 1.78. The minimum atomic E-state index is -5.04. The highest BCUT2D eigenvalue weighted by molar-refractivity contribution is 6.08. The highest BCUT2D eigenvalue weighted by Crippen LogP contribution is 2.28. The van der Waals surface area contributed by atoms with Gasteiger partial charge in [-0.2, -0.15) is 13.2 Å². The Labute approximate surface area is 82.9 Å². The third-order valence-electron chi connectivity index (χ3n) is 1.78. The van der Waals surface area contributed by atoms with Gasteiger partial charge < -0.3 is 4.42 Å². The summed E-state index contributed by atoms with van der Waals surface area (Å²) in [5.41, 5.74) is 0. The molecule has 0 saturated heterocycles. The van der Waals surface area contributed by atoms with E-state index in [0.29, 0.717) is 0 Å². The fourth-order valence-electron chi connectivity index (χ4n) is 1.13. The molecule has 1 aromatic rings.